The van der Waals surface area contributed by atoms with Gasteiger partial charge in [-0.15, -0.1) is 0 Å². The van der Waals surface area contributed by atoms with E-state index in [-0.39, 0.29) is 17.1 Å². The van der Waals surface area contributed by atoms with Gasteiger partial charge in [-0.25, -0.2) is 21.2 Å². The van der Waals surface area contributed by atoms with E-state index in [9.17, 15) is 26.0 Å². The topological polar surface area (TPSA) is 97.4 Å². The van der Waals surface area contributed by atoms with Crippen LogP contribution in [0.1, 0.15) is 16.8 Å². The number of halogens is 2. The molecular formula is C17H15ClFNO5S2. The second-order valence-corrected chi connectivity index (χ2v) is 11.1. The molecule has 2 aromatic carbocycles. The Kier molecular flexibility index (Phi) is 5.29. The van der Waals surface area contributed by atoms with Gasteiger partial charge in [0.15, 0.2) is 19.7 Å². The van der Waals surface area contributed by atoms with Crippen LogP contribution in [0.5, 0.6) is 0 Å². The van der Waals surface area contributed by atoms with Crippen molar-refractivity contribution in [1.82, 2.24) is 0 Å². The van der Waals surface area contributed by atoms with Crippen LogP contribution in [0.4, 0.5) is 10.1 Å². The van der Waals surface area contributed by atoms with Crippen LogP contribution >= 0.6 is 11.6 Å². The molecule has 1 aliphatic rings. The molecule has 144 valence electrons. The fraction of sp³-hybridized carbons (Fsp3) is 0.235. The molecule has 1 amide bonds. The molecule has 0 radical (unpaired) electrons. The molecule has 2 aromatic rings. The van der Waals surface area contributed by atoms with Crippen molar-refractivity contribution in [2.24, 2.45) is 0 Å². The molecule has 10 heteroatoms. The standard InChI is InChI=1S/C17H15ClFNO5S2/c18-11-1-3-12(4-2-11)20-17(21)15-9-13(5-6-16(15)19)27(24,25)14-7-8-26(22,23)10-14/h1-6,9,14H,7-8,10H2,(H,20,21)/t14-/m0/s1. The van der Waals surface area contributed by atoms with E-state index in [1.165, 1.54) is 24.3 Å². The van der Waals surface area contributed by atoms with E-state index in [2.05, 4.69) is 5.32 Å². The largest absolute Gasteiger partial charge is 0.322 e. The first kappa shape index (κ1) is 19.8. The minimum Gasteiger partial charge on any atom is -0.322 e. The van der Waals surface area contributed by atoms with Gasteiger partial charge in [-0.2, -0.15) is 0 Å². The van der Waals surface area contributed by atoms with Gasteiger partial charge in [0.2, 0.25) is 0 Å². The average Bonchev–Trinajstić information content (AvgIpc) is 2.98. The molecule has 1 heterocycles. The van der Waals surface area contributed by atoms with Crippen molar-refractivity contribution < 1.29 is 26.0 Å². The predicted molar refractivity (Wildman–Crippen MR) is 100 cm³/mol. The third-order valence-electron chi connectivity index (χ3n) is 4.24. The lowest BCUT2D eigenvalue weighted by Gasteiger charge is -2.12. The third-order valence-corrected chi connectivity index (χ3v) is 8.66. The van der Waals surface area contributed by atoms with Crippen LogP contribution in [0, 0.1) is 5.82 Å². The van der Waals surface area contributed by atoms with Gasteiger partial charge < -0.3 is 5.32 Å². The lowest BCUT2D eigenvalue weighted by molar-refractivity contribution is 0.102. The highest BCUT2D eigenvalue weighted by molar-refractivity contribution is 7.96. The van der Waals surface area contributed by atoms with Crippen LogP contribution in [0.3, 0.4) is 0 Å². The Bertz CT molecular complexity index is 1100. The van der Waals surface area contributed by atoms with Crippen LogP contribution in [-0.4, -0.2) is 39.5 Å². The van der Waals surface area contributed by atoms with E-state index in [0.29, 0.717) is 10.7 Å². The molecule has 1 N–H and O–H groups in total. The van der Waals surface area contributed by atoms with E-state index in [4.69, 9.17) is 11.6 Å². The van der Waals surface area contributed by atoms with Crippen molar-refractivity contribution in [3.8, 4) is 0 Å². The van der Waals surface area contributed by atoms with Crippen molar-refractivity contribution in [3.63, 3.8) is 0 Å². The maximum Gasteiger partial charge on any atom is 0.258 e. The van der Waals surface area contributed by atoms with Crippen molar-refractivity contribution >= 4 is 42.9 Å². The molecule has 0 unspecified atom stereocenters. The van der Waals surface area contributed by atoms with E-state index < -0.39 is 48.0 Å². The number of amides is 1. The Hall–Kier alpha value is -1.97. The zero-order valence-corrected chi connectivity index (χ0v) is 16.2. The van der Waals surface area contributed by atoms with E-state index >= 15 is 0 Å². The Morgan fingerprint density at radius 1 is 1.15 bits per heavy atom. The number of nitrogens with one attached hydrogen (secondary N) is 1. The van der Waals surface area contributed by atoms with Crippen molar-refractivity contribution in [3.05, 3.63) is 58.9 Å². The van der Waals surface area contributed by atoms with Gasteiger partial charge in [0.1, 0.15) is 5.82 Å². The molecule has 1 atom stereocenters. The highest BCUT2D eigenvalue weighted by Crippen LogP contribution is 2.27. The lowest BCUT2D eigenvalue weighted by Crippen LogP contribution is -2.23. The molecule has 27 heavy (non-hydrogen) atoms. The van der Waals surface area contributed by atoms with Gasteiger partial charge in [0.05, 0.1) is 27.2 Å². The molecule has 3 rings (SSSR count). The normalized spacial score (nSPS) is 19.0. The second kappa shape index (κ2) is 7.21. The fourth-order valence-electron chi connectivity index (χ4n) is 2.79. The summed E-state index contributed by atoms with van der Waals surface area (Å²) in [6.07, 6.45) is -0.0195. The average molecular weight is 432 g/mol. The molecule has 6 nitrogen and oxygen atoms in total. The molecule has 0 aliphatic carbocycles. The van der Waals surface area contributed by atoms with Crippen molar-refractivity contribution in [1.29, 1.82) is 0 Å². The lowest BCUT2D eigenvalue weighted by atomic mass is 10.2. The molecule has 0 aromatic heterocycles. The number of benzene rings is 2. The number of hydrogen-bond acceptors (Lipinski definition) is 5. The van der Waals surface area contributed by atoms with E-state index in [1.807, 2.05) is 0 Å². The van der Waals surface area contributed by atoms with Gasteiger partial charge in [0, 0.05) is 10.7 Å². The molecule has 0 saturated carbocycles. The van der Waals surface area contributed by atoms with E-state index in [1.54, 1.807) is 0 Å². The zero-order valence-electron chi connectivity index (χ0n) is 13.9. The van der Waals surface area contributed by atoms with Gasteiger partial charge in [-0.05, 0) is 48.9 Å². The van der Waals surface area contributed by atoms with Crippen LogP contribution in [-0.2, 0) is 19.7 Å². The second-order valence-electron chi connectivity index (χ2n) is 6.17. The molecule has 1 saturated heterocycles. The van der Waals surface area contributed by atoms with E-state index in [0.717, 1.165) is 18.2 Å². The number of rotatable bonds is 4. The molecule has 0 bridgehead atoms. The molecule has 0 spiro atoms. The molecule has 1 aliphatic heterocycles. The fourth-order valence-corrected chi connectivity index (χ4v) is 7.30. The summed E-state index contributed by atoms with van der Waals surface area (Å²) in [5.74, 6) is -2.40. The number of carbonyl (C=O) groups is 1. The monoisotopic (exact) mass is 431 g/mol. The summed E-state index contributed by atoms with van der Waals surface area (Å²) in [4.78, 5) is 12.1. The summed E-state index contributed by atoms with van der Waals surface area (Å²) in [5, 5.41) is 1.82. The maximum absolute atomic E-state index is 14.1. The van der Waals surface area contributed by atoms with Gasteiger partial charge >= 0.3 is 0 Å². The predicted octanol–water partition coefficient (Wildman–Crippen LogP) is 2.69. The minimum absolute atomic E-state index is 0.0195. The summed E-state index contributed by atoms with van der Waals surface area (Å²) in [6.45, 7) is 0. The summed E-state index contributed by atoms with van der Waals surface area (Å²) >= 11 is 5.76. The Balaban J connectivity index is 1.90. The van der Waals surface area contributed by atoms with Crippen molar-refractivity contribution in [2.75, 3.05) is 16.8 Å². The quantitative estimate of drug-likeness (QED) is 0.750. The third kappa shape index (κ3) is 4.31. The number of carbonyl (C=O) groups excluding carboxylic acids is 1. The Morgan fingerprint density at radius 2 is 1.81 bits per heavy atom. The van der Waals surface area contributed by atoms with Crippen LogP contribution in [0.25, 0.3) is 0 Å². The maximum atomic E-state index is 14.1. The summed E-state index contributed by atoms with van der Waals surface area (Å²) in [7, 11) is -7.41. The first-order chi connectivity index (χ1) is 12.6. The van der Waals surface area contributed by atoms with Crippen LogP contribution in [0.15, 0.2) is 47.4 Å². The first-order valence-electron chi connectivity index (χ1n) is 7.89. The van der Waals surface area contributed by atoms with Crippen LogP contribution in [0.2, 0.25) is 5.02 Å². The van der Waals surface area contributed by atoms with Gasteiger partial charge in [-0.1, -0.05) is 11.6 Å². The Morgan fingerprint density at radius 3 is 2.41 bits per heavy atom. The highest BCUT2D eigenvalue weighted by Gasteiger charge is 2.38. The molecular weight excluding hydrogens is 417 g/mol. The van der Waals surface area contributed by atoms with Crippen LogP contribution < -0.4 is 5.32 Å². The molecule has 1 fully saturated rings. The number of anilines is 1. The van der Waals surface area contributed by atoms with Gasteiger partial charge in [0.25, 0.3) is 5.91 Å². The SMILES string of the molecule is O=C(Nc1ccc(Cl)cc1)c1cc(S(=O)(=O)[C@H]2CCS(=O)(=O)C2)ccc1F. The number of sulfone groups is 2. The zero-order chi connectivity index (χ0) is 19.8. The van der Waals surface area contributed by atoms with Crippen molar-refractivity contribution in [2.45, 2.75) is 16.6 Å². The first-order valence-corrected chi connectivity index (χ1v) is 11.6. The summed E-state index contributed by atoms with van der Waals surface area (Å²) < 4.78 is 62.6. The minimum atomic E-state index is -4.00. The highest BCUT2D eigenvalue weighted by atomic mass is 35.5. The smallest absolute Gasteiger partial charge is 0.258 e. The summed E-state index contributed by atoms with van der Waals surface area (Å²) in [5.41, 5.74) is -0.0918. The summed E-state index contributed by atoms with van der Waals surface area (Å²) in [6, 6.07) is 8.96. The number of hydrogen-bond donors (Lipinski definition) is 1. The Labute approximate surface area is 161 Å². The van der Waals surface area contributed by atoms with Gasteiger partial charge in [-0.3, -0.25) is 4.79 Å².